The number of aromatic amines is 1. The summed E-state index contributed by atoms with van der Waals surface area (Å²) in [5.74, 6) is -2.31. The number of H-pyrrole nitrogens is 1. The molecule has 1 heterocycles. The number of aliphatic imine (C=N–C) groups is 2. The van der Waals surface area contributed by atoms with E-state index in [1.165, 1.54) is 0 Å². The summed E-state index contributed by atoms with van der Waals surface area (Å²) in [6.45, 7) is 2.63. The first-order valence-electron chi connectivity index (χ1n) is 15.9. The summed E-state index contributed by atoms with van der Waals surface area (Å²) in [7, 11) is 0. The molecule has 0 unspecified atom stereocenters. The molecule has 15 nitrogen and oxygen atoms in total. The average Bonchev–Trinajstić information content (AvgIpc) is 3.41. The number of nitrogens with one attached hydrogen (secondary N) is 4. The second-order valence-electron chi connectivity index (χ2n) is 11.3. The number of primary amides is 1. The molecule has 4 amide bonds. The molecule has 0 aliphatic rings. The number of para-hydroxylation sites is 1. The number of carbonyl (C=O) groups excluding carboxylic acids is 4. The Balaban J connectivity index is 2.25. The number of nitrogens with two attached hydrogens (primary N) is 5. The van der Waals surface area contributed by atoms with Gasteiger partial charge < -0.3 is 49.6 Å². The van der Waals surface area contributed by atoms with Crippen LogP contribution in [0.3, 0.4) is 0 Å². The number of guanidine groups is 2. The molecule has 2 aromatic rings. The second kappa shape index (κ2) is 20.3. The molecule has 1 aromatic carbocycles. The highest BCUT2D eigenvalue weighted by atomic mass is 16.2. The van der Waals surface area contributed by atoms with Gasteiger partial charge in [0.1, 0.15) is 18.1 Å². The molecule has 46 heavy (non-hydrogen) atoms. The summed E-state index contributed by atoms with van der Waals surface area (Å²) in [4.78, 5) is 63.4. The topological polar surface area (TPSA) is 275 Å². The zero-order chi connectivity index (χ0) is 33.9. The lowest BCUT2D eigenvalue weighted by Gasteiger charge is -2.25. The first-order chi connectivity index (χ1) is 22.0. The van der Waals surface area contributed by atoms with E-state index in [-0.39, 0.29) is 56.6 Å². The van der Waals surface area contributed by atoms with E-state index in [0.717, 1.165) is 42.1 Å². The number of unbranched alkanes of at least 4 members (excludes halogenated alkanes) is 4. The molecule has 1 aromatic heterocycles. The van der Waals surface area contributed by atoms with Gasteiger partial charge in [-0.15, -0.1) is 0 Å². The monoisotopic (exact) mass is 641 g/mol. The van der Waals surface area contributed by atoms with Gasteiger partial charge in [0, 0.05) is 43.0 Å². The number of hydrogen-bond acceptors (Lipinski definition) is 6. The third kappa shape index (κ3) is 13.9. The van der Waals surface area contributed by atoms with E-state index in [1.807, 2.05) is 24.3 Å². The SMILES string of the molecule is CCCCCCCC(=O)N[C@@H](CCCN=C(N)N)C(=O)N[C@@H](Cc1c[nH]c2ccccc12)C(=O)N[C@@H](CCCN=C(N)N)C(N)=O. The van der Waals surface area contributed by atoms with E-state index in [1.54, 1.807) is 6.20 Å². The predicted molar refractivity (Wildman–Crippen MR) is 180 cm³/mol. The Hall–Kier alpha value is -4.82. The Kier molecular flexibility index (Phi) is 16.5. The van der Waals surface area contributed by atoms with Crippen LogP contribution in [-0.2, 0) is 25.6 Å². The van der Waals surface area contributed by atoms with Gasteiger partial charge in [-0.2, -0.15) is 0 Å². The van der Waals surface area contributed by atoms with E-state index < -0.39 is 35.8 Å². The van der Waals surface area contributed by atoms with E-state index in [2.05, 4.69) is 37.8 Å². The number of hydrogen-bond donors (Lipinski definition) is 9. The van der Waals surface area contributed by atoms with Gasteiger partial charge in [0.25, 0.3) is 0 Å². The zero-order valence-electron chi connectivity index (χ0n) is 26.7. The highest BCUT2D eigenvalue weighted by Crippen LogP contribution is 2.19. The van der Waals surface area contributed by atoms with Crippen LogP contribution in [0.5, 0.6) is 0 Å². The van der Waals surface area contributed by atoms with Gasteiger partial charge in [-0.25, -0.2) is 0 Å². The van der Waals surface area contributed by atoms with E-state index in [4.69, 9.17) is 28.7 Å². The van der Waals surface area contributed by atoms with Crippen molar-refractivity contribution >= 4 is 46.5 Å². The van der Waals surface area contributed by atoms with Crippen molar-refractivity contribution in [2.24, 2.45) is 38.7 Å². The van der Waals surface area contributed by atoms with Gasteiger partial charge in [-0.3, -0.25) is 29.2 Å². The number of benzene rings is 1. The Morgan fingerprint density at radius 2 is 1.33 bits per heavy atom. The maximum absolute atomic E-state index is 13.7. The van der Waals surface area contributed by atoms with Gasteiger partial charge in [-0.05, 0) is 43.7 Å². The van der Waals surface area contributed by atoms with Crippen molar-refractivity contribution in [3.63, 3.8) is 0 Å². The molecule has 15 heteroatoms. The largest absolute Gasteiger partial charge is 0.370 e. The summed E-state index contributed by atoms with van der Waals surface area (Å²) < 4.78 is 0. The first kappa shape index (κ1) is 37.4. The van der Waals surface area contributed by atoms with Crippen LogP contribution in [0.1, 0.15) is 76.7 Å². The summed E-state index contributed by atoms with van der Waals surface area (Å²) in [5, 5.41) is 9.19. The Bertz CT molecular complexity index is 1330. The van der Waals surface area contributed by atoms with E-state index in [0.29, 0.717) is 19.3 Å². The van der Waals surface area contributed by atoms with Crippen LogP contribution in [0.4, 0.5) is 0 Å². The molecule has 0 fully saturated rings. The maximum atomic E-state index is 13.7. The number of amides is 4. The summed E-state index contributed by atoms with van der Waals surface area (Å²) >= 11 is 0. The molecule has 0 spiro atoms. The highest BCUT2D eigenvalue weighted by Gasteiger charge is 2.29. The van der Waals surface area contributed by atoms with Crippen molar-refractivity contribution in [2.75, 3.05) is 13.1 Å². The lowest BCUT2D eigenvalue weighted by molar-refractivity contribution is -0.133. The number of fused-ring (bicyclic) bond motifs is 1. The number of aromatic nitrogens is 1. The zero-order valence-corrected chi connectivity index (χ0v) is 26.7. The predicted octanol–water partition coefficient (Wildman–Crippen LogP) is 0.118. The van der Waals surface area contributed by atoms with Crippen molar-refractivity contribution in [1.82, 2.24) is 20.9 Å². The van der Waals surface area contributed by atoms with Gasteiger partial charge in [0.2, 0.25) is 23.6 Å². The quantitative estimate of drug-likeness (QED) is 0.0482. The number of nitrogens with zero attached hydrogens (tertiary/aromatic N) is 2. The fourth-order valence-electron chi connectivity index (χ4n) is 4.99. The number of carbonyl (C=O) groups is 4. The van der Waals surface area contributed by atoms with Crippen molar-refractivity contribution in [2.45, 2.75) is 95.7 Å². The molecule has 14 N–H and O–H groups in total. The van der Waals surface area contributed by atoms with Crippen molar-refractivity contribution in [1.29, 1.82) is 0 Å². The summed E-state index contributed by atoms with van der Waals surface area (Å²) in [6.07, 6.45) is 8.23. The van der Waals surface area contributed by atoms with Crippen molar-refractivity contribution in [3.8, 4) is 0 Å². The third-order valence-corrected chi connectivity index (χ3v) is 7.44. The molecule has 0 bridgehead atoms. The van der Waals surface area contributed by atoms with Crippen LogP contribution >= 0.6 is 0 Å². The fourth-order valence-corrected chi connectivity index (χ4v) is 4.99. The van der Waals surface area contributed by atoms with Crippen LogP contribution in [0.25, 0.3) is 10.9 Å². The minimum Gasteiger partial charge on any atom is -0.370 e. The molecule has 254 valence electrons. The maximum Gasteiger partial charge on any atom is 0.243 e. The molecule has 0 aliphatic carbocycles. The molecular formula is C31H51N11O4. The molecule has 2 rings (SSSR count). The lowest BCUT2D eigenvalue weighted by atomic mass is 10.0. The lowest BCUT2D eigenvalue weighted by Crippen LogP contribution is -2.57. The van der Waals surface area contributed by atoms with Crippen LogP contribution < -0.4 is 44.6 Å². The van der Waals surface area contributed by atoms with Gasteiger partial charge in [0.15, 0.2) is 11.9 Å². The highest BCUT2D eigenvalue weighted by molar-refractivity contribution is 5.94. The standard InChI is InChI=1S/C31H51N11O4/c1-2-3-4-5-6-15-26(43)40-24(14-10-17-38-31(35)36)28(45)42-25(18-20-19-39-22-12-8-7-11-21(20)22)29(46)41-23(27(32)44)13-9-16-37-30(33)34/h7-8,11-12,19,23-25,39H,2-6,9-10,13-18H2,1H3,(H2,32,44)(H,40,43)(H,41,46)(H,42,45)(H4,33,34,37)(H4,35,36,38)/t23-,24-,25-/m0/s1. The summed E-state index contributed by atoms with van der Waals surface area (Å²) in [5.41, 5.74) is 28.8. The Morgan fingerprint density at radius 1 is 0.739 bits per heavy atom. The van der Waals surface area contributed by atoms with E-state index in [9.17, 15) is 19.2 Å². The van der Waals surface area contributed by atoms with Crippen molar-refractivity contribution in [3.05, 3.63) is 36.0 Å². The second-order valence-corrected chi connectivity index (χ2v) is 11.3. The molecule has 3 atom stereocenters. The van der Waals surface area contributed by atoms with Gasteiger partial charge in [-0.1, -0.05) is 50.8 Å². The fraction of sp³-hybridized carbons (Fsp3) is 0.548. The normalized spacial score (nSPS) is 12.8. The van der Waals surface area contributed by atoms with Crippen LogP contribution in [0.15, 0.2) is 40.4 Å². The third-order valence-electron chi connectivity index (χ3n) is 7.44. The van der Waals surface area contributed by atoms with Gasteiger partial charge >= 0.3 is 0 Å². The first-order valence-corrected chi connectivity index (χ1v) is 15.9. The molecule has 0 saturated carbocycles. The minimum absolute atomic E-state index is 0.0742. The average molecular weight is 642 g/mol. The van der Waals surface area contributed by atoms with E-state index >= 15 is 0 Å². The molecule has 0 radical (unpaired) electrons. The summed E-state index contributed by atoms with van der Waals surface area (Å²) in [6, 6.07) is 4.49. The minimum atomic E-state index is -1.10. The van der Waals surface area contributed by atoms with Gasteiger partial charge in [0.05, 0.1) is 0 Å². The number of rotatable bonds is 22. The molecule has 0 aliphatic heterocycles. The van der Waals surface area contributed by atoms with Crippen LogP contribution in [-0.4, -0.2) is 71.7 Å². The van der Waals surface area contributed by atoms with Crippen LogP contribution in [0.2, 0.25) is 0 Å². The Labute approximate surface area is 270 Å². The molecular weight excluding hydrogens is 590 g/mol. The molecule has 0 saturated heterocycles. The Morgan fingerprint density at radius 3 is 1.96 bits per heavy atom. The van der Waals surface area contributed by atoms with Crippen LogP contribution in [0, 0.1) is 0 Å². The van der Waals surface area contributed by atoms with Crippen molar-refractivity contribution < 1.29 is 19.2 Å². The smallest absolute Gasteiger partial charge is 0.243 e.